The molecule has 6 nitrogen and oxygen atoms in total. The molecule has 146 valence electrons. The summed E-state index contributed by atoms with van der Waals surface area (Å²) in [5.74, 6) is -0.263. The molecule has 7 heteroatoms. The number of benzene rings is 2. The zero-order valence-electron chi connectivity index (χ0n) is 16.2. The van der Waals surface area contributed by atoms with E-state index in [1.807, 2.05) is 6.07 Å². The summed E-state index contributed by atoms with van der Waals surface area (Å²) in [6.45, 7) is 7.02. The summed E-state index contributed by atoms with van der Waals surface area (Å²) in [7, 11) is 0. The Morgan fingerprint density at radius 2 is 1.82 bits per heavy atom. The van der Waals surface area contributed by atoms with Crippen LogP contribution in [0.15, 0.2) is 53.3 Å². The van der Waals surface area contributed by atoms with Crippen LogP contribution in [0.25, 0.3) is 16.6 Å². The number of halogens is 1. The van der Waals surface area contributed by atoms with Gasteiger partial charge in [0.1, 0.15) is 11.6 Å². The van der Waals surface area contributed by atoms with E-state index in [9.17, 15) is 19.1 Å². The van der Waals surface area contributed by atoms with Crippen LogP contribution in [0.3, 0.4) is 0 Å². The van der Waals surface area contributed by atoms with Gasteiger partial charge in [-0.2, -0.15) is 0 Å². The molecule has 0 fully saturated rings. The van der Waals surface area contributed by atoms with Crippen LogP contribution in [0, 0.1) is 5.82 Å². The minimum Gasteiger partial charge on any atom is -0.465 e. The van der Waals surface area contributed by atoms with Crippen molar-refractivity contribution in [1.29, 1.82) is 0 Å². The van der Waals surface area contributed by atoms with Crippen LogP contribution >= 0.6 is 0 Å². The van der Waals surface area contributed by atoms with E-state index < -0.39 is 29.1 Å². The number of aromatic nitrogens is 2. The molecule has 3 aromatic rings. The number of rotatable bonds is 3. The van der Waals surface area contributed by atoms with E-state index in [1.165, 1.54) is 21.6 Å². The van der Waals surface area contributed by atoms with Gasteiger partial charge in [0.25, 0.3) is 5.56 Å². The molecule has 1 atom stereocenters. The van der Waals surface area contributed by atoms with Crippen LogP contribution in [0.1, 0.15) is 39.6 Å². The number of para-hydroxylation sites is 1. The summed E-state index contributed by atoms with van der Waals surface area (Å²) in [4.78, 5) is 31.0. The second-order valence-electron chi connectivity index (χ2n) is 7.61. The number of carboxylic acid groups (broad SMARTS) is 1. The lowest BCUT2D eigenvalue weighted by Crippen LogP contribution is -2.47. The molecule has 0 spiro atoms. The van der Waals surface area contributed by atoms with E-state index in [4.69, 9.17) is 0 Å². The minimum absolute atomic E-state index is 0.137. The van der Waals surface area contributed by atoms with Gasteiger partial charge in [0, 0.05) is 5.54 Å². The Hall–Kier alpha value is -3.22. The lowest BCUT2D eigenvalue weighted by Gasteiger charge is -2.38. The molecule has 0 aliphatic heterocycles. The van der Waals surface area contributed by atoms with E-state index in [0.29, 0.717) is 11.2 Å². The Morgan fingerprint density at radius 3 is 2.39 bits per heavy atom. The van der Waals surface area contributed by atoms with Crippen molar-refractivity contribution in [2.45, 2.75) is 39.3 Å². The number of nitrogens with zero attached hydrogens (tertiary/aromatic N) is 3. The zero-order chi connectivity index (χ0) is 20.6. The fourth-order valence-electron chi connectivity index (χ4n) is 3.43. The topological polar surface area (TPSA) is 75.4 Å². The van der Waals surface area contributed by atoms with Gasteiger partial charge in [0.2, 0.25) is 0 Å². The van der Waals surface area contributed by atoms with Crippen molar-refractivity contribution in [3.63, 3.8) is 0 Å². The summed E-state index contributed by atoms with van der Waals surface area (Å²) in [6.07, 6.45) is -1.12. The SMILES string of the molecule is CC(c1nc2ccc(F)cc2c(=O)n1-c1ccccc1)N(C(=O)O)C(C)(C)C. The Bertz CT molecular complexity index is 1090. The van der Waals surface area contributed by atoms with E-state index >= 15 is 0 Å². The molecule has 0 saturated carbocycles. The molecule has 1 N–H and O–H groups in total. The third-order valence-corrected chi connectivity index (χ3v) is 4.56. The fourth-order valence-corrected chi connectivity index (χ4v) is 3.43. The zero-order valence-corrected chi connectivity index (χ0v) is 16.2. The highest BCUT2D eigenvalue weighted by Gasteiger charge is 2.34. The molecule has 0 aliphatic carbocycles. The smallest absolute Gasteiger partial charge is 0.408 e. The van der Waals surface area contributed by atoms with Crippen LogP contribution in [0.5, 0.6) is 0 Å². The van der Waals surface area contributed by atoms with Gasteiger partial charge in [0.05, 0.1) is 22.6 Å². The molecule has 0 aliphatic rings. The Labute approximate surface area is 161 Å². The maximum Gasteiger partial charge on any atom is 0.408 e. The van der Waals surface area contributed by atoms with Crippen LogP contribution in [-0.4, -0.2) is 31.2 Å². The van der Waals surface area contributed by atoms with Crippen molar-refractivity contribution in [1.82, 2.24) is 14.5 Å². The summed E-state index contributed by atoms with van der Waals surface area (Å²) in [5, 5.41) is 9.92. The molecule has 1 unspecified atom stereocenters. The first-order valence-electron chi connectivity index (χ1n) is 8.91. The monoisotopic (exact) mass is 383 g/mol. The van der Waals surface area contributed by atoms with Gasteiger partial charge in [-0.15, -0.1) is 0 Å². The molecular weight excluding hydrogens is 361 g/mol. The Morgan fingerprint density at radius 1 is 1.18 bits per heavy atom. The van der Waals surface area contributed by atoms with Gasteiger partial charge in [-0.05, 0) is 58.0 Å². The molecule has 0 saturated heterocycles. The van der Waals surface area contributed by atoms with Crippen LogP contribution in [-0.2, 0) is 0 Å². The molecule has 1 heterocycles. The van der Waals surface area contributed by atoms with Gasteiger partial charge >= 0.3 is 6.09 Å². The molecule has 0 radical (unpaired) electrons. The quantitative estimate of drug-likeness (QED) is 0.729. The first-order valence-corrected chi connectivity index (χ1v) is 8.91. The second-order valence-corrected chi connectivity index (χ2v) is 7.61. The van der Waals surface area contributed by atoms with Gasteiger partial charge in [-0.3, -0.25) is 14.3 Å². The van der Waals surface area contributed by atoms with E-state index in [1.54, 1.807) is 52.0 Å². The van der Waals surface area contributed by atoms with Crippen molar-refractivity contribution in [3.05, 3.63) is 70.5 Å². The fraction of sp³-hybridized carbons (Fsp3) is 0.286. The van der Waals surface area contributed by atoms with E-state index in [-0.39, 0.29) is 11.2 Å². The first-order chi connectivity index (χ1) is 13.1. The maximum atomic E-state index is 13.7. The lowest BCUT2D eigenvalue weighted by molar-refractivity contribution is 0.0719. The highest BCUT2D eigenvalue weighted by molar-refractivity contribution is 5.78. The Balaban J connectivity index is 2.36. The largest absolute Gasteiger partial charge is 0.465 e. The molecule has 1 amide bonds. The van der Waals surface area contributed by atoms with Crippen molar-refractivity contribution in [2.75, 3.05) is 0 Å². The molecule has 28 heavy (non-hydrogen) atoms. The molecule has 3 rings (SSSR count). The predicted octanol–water partition coefficient (Wildman–Crippen LogP) is 4.36. The molecular formula is C21H22FN3O3. The second kappa shape index (κ2) is 7.07. The summed E-state index contributed by atoms with van der Waals surface area (Å²) in [6, 6.07) is 11.9. The van der Waals surface area contributed by atoms with Crippen molar-refractivity contribution in [3.8, 4) is 5.69 Å². The number of hydrogen-bond donors (Lipinski definition) is 1. The Kier molecular flexibility index (Phi) is 4.93. The van der Waals surface area contributed by atoms with Gasteiger partial charge in [0.15, 0.2) is 0 Å². The lowest BCUT2D eigenvalue weighted by atomic mass is 10.0. The van der Waals surface area contributed by atoms with E-state index in [0.717, 1.165) is 6.07 Å². The van der Waals surface area contributed by atoms with Crippen molar-refractivity contribution in [2.24, 2.45) is 0 Å². The molecule has 2 aromatic carbocycles. The molecule has 1 aromatic heterocycles. The van der Waals surface area contributed by atoms with Crippen molar-refractivity contribution < 1.29 is 14.3 Å². The maximum absolute atomic E-state index is 13.7. The third-order valence-electron chi connectivity index (χ3n) is 4.56. The first kappa shape index (κ1) is 19.5. The third kappa shape index (κ3) is 3.47. The van der Waals surface area contributed by atoms with Gasteiger partial charge < -0.3 is 5.11 Å². The average molecular weight is 383 g/mol. The predicted molar refractivity (Wildman–Crippen MR) is 105 cm³/mol. The van der Waals surface area contributed by atoms with E-state index in [2.05, 4.69) is 4.98 Å². The number of carbonyl (C=O) groups is 1. The van der Waals surface area contributed by atoms with Crippen LogP contribution in [0.2, 0.25) is 0 Å². The molecule has 0 bridgehead atoms. The summed E-state index contributed by atoms with van der Waals surface area (Å²) >= 11 is 0. The average Bonchev–Trinajstić information content (AvgIpc) is 2.61. The minimum atomic E-state index is -1.12. The van der Waals surface area contributed by atoms with Crippen molar-refractivity contribution >= 4 is 17.0 Å². The summed E-state index contributed by atoms with van der Waals surface area (Å²) in [5.41, 5.74) is -0.314. The number of fused-ring (bicyclic) bond motifs is 1. The van der Waals surface area contributed by atoms with Crippen LogP contribution in [0.4, 0.5) is 9.18 Å². The normalized spacial score (nSPS) is 12.8. The highest BCUT2D eigenvalue weighted by atomic mass is 19.1. The highest BCUT2D eigenvalue weighted by Crippen LogP contribution is 2.29. The van der Waals surface area contributed by atoms with Crippen LogP contribution < -0.4 is 5.56 Å². The summed E-state index contributed by atoms with van der Waals surface area (Å²) < 4.78 is 15.1. The van der Waals surface area contributed by atoms with Gasteiger partial charge in [-0.1, -0.05) is 18.2 Å². The van der Waals surface area contributed by atoms with Gasteiger partial charge in [-0.25, -0.2) is 14.2 Å². The number of amides is 1. The standard InChI is InChI=1S/C21H22FN3O3/c1-13(25(20(27)28)21(2,3)4)18-23-17-11-10-14(22)12-16(17)19(26)24(18)15-8-6-5-7-9-15/h5-13H,1-4H3,(H,27,28). The number of hydrogen-bond acceptors (Lipinski definition) is 3.